The van der Waals surface area contributed by atoms with E-state index in [1.165, 1.54) is 6.07 Å². The normalized spacial score (nSPS) is 10.8. The smallest absolute Gasteiger partial charge is 0.293 e. The Morgan fingerprint density at radius 1 is 1.22 bits per heavy atom. The number of para-hydroxylation sites is 1. The number of rotatable bonds is 9. The van der Waals surface area contributed by atoms with Crippen LogP contribution in [-0.2, 0) is 11.3 Å². The molecule has 1 heterocycles. The van der Waals surface area contributed by atoms with Gasteiger partial charge in [-0.05, 0) is 38.1 Å². The fourth-order valence-corrected chi connectivity index (χ4v) is 3.51. The highest BCUT2D eigenvalue weighted by molar-refractivity contribution is 5.95. The standard InChI is InChI=1S/C23H27N5O4/c1-16-20(17(2)27(25-16)19-8-6-5-7-9-19)15-26(3)23(29)18-10-11-21(24-12-13-32-4)22(14-18)28(30)31/h5-11,14,24H,12-13,15H2,1-4H3. The number of nitro benzene ring substituents is 1. The molecule has 0 unspecified atom stereocenters. The molecule has 0 aliphatic heterocycles. The van der Waals surface area contributed by atoms with Gasteiger partial charge in [0.1, 0.15) is 5.69 Å². The fraction of sp³-hybridized carbons (Fsp3) is 0.304. The van der Waals surface area contributed by atoms with E-state index in [4.69, 9.17) is 4.74 Å². The summed E-state index contributed by atoms with van der Waals surface area (Å²) in [5.41, 5.74) is 4.11. The predicted molar refractivity (Wildman–Crippen MR) is 122 cm³/mol. The second-order valence-corrected chi connectivity index (χ2v) is 7.47. The number of anilines is 1. The molecule has 0 saturated heterocycles. The number of aryl methyl sites for hydroxylation is 1. The molecule has 0 saturated carbocycles. The molecule has 1 N–H and O–H groups in total. The number of carbonyl (C=O) groups excluding carboxylic acids is 1. The van der Waals surface area contributed by atoms with Crippen molar-refractivity contribution in [2.45, 2.75) is 20.4 Å². The number of nitrogens with zero attached hydrogens (tertiary/aromatic N) is 4. The lowest BCUT2D eigenvalue weighted by molar-refractivity contribution is -0.384. The quantitative estimate of drug-likeness (QED) is 0.311. The number of hydrogen-bond acceptors (Lipinski definition) is 6. The monoisotopic (exact) mass is 437 g/mol. The number of benzene rings is 2. The van der Waals surface area contributed by atoms with Crippen molar-refractivity contribution >= 4 is 17.3 Å². The molecule has 3 rings (SSSR count). The molecule has 0 fully saturated rings. The molecule has 1 aromatic heterocycles. The number of hydrogen-bond donors (Lipinski definition) is 1. The van der Waals surface area contributed by atoms with Crippen molar-refractivity contribution in [1.82, 2.24) is 14.7 Å². The zero-order chi connectivity index (χ0) is 23.3. The van der Waals surface area contributed by atoms with E-state index in [-0.39, 0.29) is 17.2 Å². The maximum atomic E-state index is 13.0. The highest BCUT2D eigenvalue weighted by Crippen LogP contribution is 2.27. The van der Waals surface area contributed by atoms with E-state index in [0.717, 1.165) is 22.6 Å². The molecule has 168 valence electrons. The van der Waals surface area contributed by atoms with E-state index in [9.17, 15) is 14.9 Å². The van der Waals surface area contributed by atoms with Gasteiger partial charge in [0, 0.05) is 50.1 Å². The van der Waals surface area contributed by atoms with Crippen LogP contribution in [0.3, 0.4) is 0 Å². The van der Waals surface area contributed by atoms with Crippen molar-refractivity contribution in [2.24, 2.45) is 0 Å². The molecule has 2 aromatic carbocycles. The van der Waals surface area contributed by atoms with Gasteiger partial charge in [0.15, 0.2) is 0 Å². The second kappa shape index (κ2) is 10.1. The Kier molecular flexibility index (Phi) is 7.21. The summed E-state index contributed by atoms with van der Waals surface area (Å²) in [6, 6.07) is 14.2. The summed E-state index contributed by atoms with van der Waals surface area (Å²) in [6.07, 6.45) is 0. The third kappa shape index (κ3) is 4.94. The maximum Gasteiger partial charge on any atom is 0.293 e. The topological polar surface area (TPSA) is 103 Å². The summed E-state index contributed by atoms with van der Waals surface area (Å²) in [5.74, 6) is -0.303. The Labute approximate surface area is 186 Å². The van der Waals surface area contributed by atoms with Gasteiger partial charge in [-0.2, -0.15) is 5.10 Å². The van der Waals surface area contributed by atoms with Gasteiger partial charge in [-0.3, -0.25) is 14.9 Å². The first-order valence-corrected chi connectivity index (χ1v) is 10.2. The molecule has 0 spiro atoms. The first-order valence-electron chi connectivity index (χ1n) is 10.2. The predicted octanol–water partition coefficient (Wildman–Crippen LogP) is 3.73. The second-order valence-electron chi connectivity index (χ2n) is 7.47. The largest absolute Gasteiger partial charge is 0.383 e. The van der Waals surface area contributed by atoms with Crippen LogP contribution >= 0.6 is 0 Å². The fourth-order valence-electron chi connectivity index (χ4n) is 3.51. The maximum absolute atomic E-state index is 13.0. The van der Waals surface area contributed by atoms with Crippen LogP contribution in [0.4, 0.5) is 11.4 Å². The van der Waals surface area contributed by atoms with Crippen molar-refractivity contribution in [3.8, 4) is 5.69 Å². The Morgan fingerprint density at radius 2 is 1.94 bits per heavy atom. The summed E-state index contributed by atoms with van der Waals surface area (Å²) in [6.45, 7) is 5.05. The average Bonchev–Trinajstić information content (AvgIpc) is 3.07. The lowest BCUT2D eigenvalue weighted by Gasteiger charge is -2.18. The molecule has 3 aromatic rings. The van der Waals surface area contributed by atoms with Crippen molar-refractivity contribution in [3.63, 3.8) is 0 Å². The molecule has 0 bridgehead atoms. The molecule has 32 heavy (non-hydrogen) atoms. The molecule has 0 atom stereocenters. The lowest BCUT2D eigenvalue weighted by atomic mass is 10.1. The Hall–Kier alpha value is -3.72. The van der Waals surface area contributed by atoms with Gasteiger partial charge >= 0.3 is 0 Å². The lowest BCUT2D eigenvalue weighted by Crippen LogP contribution is -2.27. The Balaban J connectivity index is 1.81. The first kappa shape index (κ1) is 23.0. The molecule has 0 aliphatic rings. The Bertz CT molecular complexity index is 1110. The van der Waals surface area contributed by atoms with Crippen LogP contribution in [-0.4, -0.2) is 52.8 Å². The van der Waals surface area contributed by atoms with Crippen molar-refractivity contribution < 1.29 is 14.5 Å². The zero-order valence-corrected chi connectivity index (χ0v) is 18.7. The van der Waals surface area contributed by atoms with Gasteiger partial charge in [-0.1, -0.05) is 18.2 Å². The summed E-state index contributed by atoms with van der Waals surface area (Å²) in [4.78, 5) is 25.6. The van der Waals surface area contributed by atoms with Crippen molar-refractivity contribution in [2.75, 3.05) is 32.6 Å². The number of methoxy groups -OCH3 is 1. The molecule has 9 nitrogen and oxygen atoms in total. The van der Waals surface area contributed by atoms with Crippen LogP contribution in [0.1, 0.15) is 27.3 Å². The van der Waals surface area contributed by atoms with Gasteiger partial charge in [0.05, 0.1) is 22.9 Å². The molecule has 9 heteroatoms. The number of nitrogens with one attached hydrogen (secondary N) is 1. The molecular weight excluding hydrogens is 410 g/mol. The van der Waals surface area contributed by atoms with Crippen molar-refractivity contribution in [1.29, 1.82) is 0 Å². The molecule has 0 radical (unpaired) electrons. The minimum atomic E-state index is -0.496. The molecule has 0 aliphatic carbocycles. The number of nitro groups is 1. The highest BCUT2D eigenvalue weighted by atomic mass is 16.6. The highest BCUT2D eigenvalue weighted by Gasteiger charge is 2.22. The van der Waals surface area contributed by atoms with Gasteiger partial charge in [-0.15, -0.1) is 0 Å². The number of amides is 1. The van der Waals surface area contributed by atoms with E-state index in [0.29, 0.717) is 25.4 Å². The third-order valence-corrected chi connectivity index (χ3v) is 5.25. The minimum Gasteiger partial charge on any atom is -0.383 e. The van der Waals surface area contributed by atoms with Crippen LogP contribution in [0.5, 0.6) is 0 Å². The van der Waals surface area contributed by atoms with E-state index < -0.39 is 4.92 Å². The van der Waals surface area contributed by atoms with E-state index in [1.54, 1.807) is 31.2 Å². The first-order chi connectivity index (χ1) is 15.3. The van der Waals surface area contributed by atoms with E-state index >= 15 is 0 Å². The van der Waals surface area contributed by atoms with Gasteiger partial charge in [0.25, 0.3) is 11.6 Å². The number of aromatic nitrogens is 2. The Morgan fingerprint density at radius 3 is 2.59 bits per heavy atom. The van der Waals surface area contributed by atoms with E-state index in [1.807, 2.05) is 48.9 Å². The summed E-state index contributed by atoms with van der Waals surface area (Å²) in [5, 5.41) is 19.1. The zero-order valence-electron chi connectivity index (χ0n) is 18.7. The third-order valence-electron chi connectivity index (χ3n) is 5.25. The molecular formula is C23H27N5O4. The van der Waals surface area contributed by atoms with Gasteiger partial charge in [-0.25, -0.2) is 4.68 Å². The van der Waals surface area contributed by atoms with Gasteiger partial charge in [0.2, 0.25) is 0 Å². The van der Waals surface area contributed by atoms with Gasteiger partial charge < -0.3 is 15.0 Å². The van der Waals surface area contributed by atoms with Crippen LogP contribution < -0.4 is 5.32 Å². The molecule has 1 amide bonds. The van der Waals surface area contributed by atoms with E-state index in [2.05, 4.69) is 10.4 Å². The van der Waals surface area contributed by atoms with Crippen LogP contribution in [0.15, 0.2) is 48.5 Å². The SMILES string of the molecule is COCCNc1ccc(C(=O)N(C)Cc2c(C)nn(-c3ccccc3)c2C)cc1[N+](=O)[O-]. The van der Waals surface area contributed by atoms with Crippen LogP contribution in [0, 0.1) is 24.0 Å². The van der Waals surface area contributed by atoms with Crippen LogP contribution in [0.2, 0.25) is 0 Å². The average molecular weight is 438 g/mol. The minimum absolute atomic E-state index is 0.149. The number of ether oxygens (including phenoxy) is 1. The number of carbonyl (C=O) groups is 1. The summed E-state index contributed by atoms with van der Waals surface area (Å²) in [7, 11) is 3.23. The summed E-state index contributed by atoms with van der Waals surface area (Å²) < 4.78 is 6.82. The van der Waals surface area contributed by atoms with Crippen LogP contribution in [0.25, 0.3) is 5.69 Å². The summed E-state index contributed by atoms with van der Waals surface area (Å²) >= 11 is 0. The van der Waals surface area contributed by atoms with Crippen molar-refractivity contribution in [3.05, 3.63) is 81.2 Å².